The van der Waals surface area contributed by atoms with Crippen LogP contribution in [0.3, 0.4) is 0 Å². The Morgan fingerprint density at radius 1 is 1.43 bits per heavy atom. The number of nitrogens with one attached hydrogen (secondary N) is 1. The fourth-order valence-corrected chi connectivity index (χ4v) is 1.38. The van der Waals surface area contributed by atoms with E-state index in [1.807, 2.05) is 0 Å². The molecule has 0 aromatic heterocycles. The molecule has 0 aliphatic carbocycles. The maximum absolute atomic E-state index is 13.7. The second kappa shape index (κ2) is 6.86. The third-order valence-electron chi connectivity index (χ3n) is 2.89. The highest BCUT2D eigenvalue weighted by Gasteiger charge is 2.25. The van der Waals surface area contributed by atoms with Gasteiger partial charge in [0.15, 0.2) is 0 Å². The minimum atomic E-state index is -0.888. The van der Waals surface area contributed by atoms with E-state index in [0.717, 1.165) is 6.07 Å². The second-order valence-corrected chi connectivity index (χ2v) is 5.09. The molecule has 0 unspecified atom stereocenters. The molecule has 0 aliphatic heterocycles. The van der Waals surface area contributed by atoms with Gasteiger partial charge in [-0.3, -0.25) is 9.59 Å². The van der Waals surface area contributed by atoms with Crippen LogP contribution in [0.25, 0.3) is 0 Å². The number of halogens is 1. The van der Waals surface area contributed by atoms with E-state index in [0.29, 0.717) is 0 Å². The number of aliphatic hydroxyl groups excluding tert-OH is 1. The maximum Gasteiger partial charge on any atom is 0.251 e. The highest BCUT2D eigenvalue weighted by Crippen LogP contribution is 2.13. The lowest BCUT2D eigenvalue weighted by Crippen LogP contribution is -2.42. The van der Waals surface area contributed by atoms with Gasteiger partial charge in [0.1, 0.15) is 12.4 Å². The molecule has 2 amide bonds. The third-order valence-corrected chi connectivity index (χ3v) is 2.89. The molecular weight excluding hydrogens is 275 g/mol. The summed E-state index contributed by atoms with van der Waals surface area (Å²) in [5.41, 5.74) is 4.52. The van der Waals surface area contributed by atoms with Crippen molar-refractivity contribution in [2.45, 2.75) is 13.8 Å². The van der Waals surface area contributed by atoms with Crippen molar-refractivity contribution < 1.29 is 19.1 Å². The van der Waals surface area contributed by atoms with Crippen molar-refractivity contribution in [3.05, 3.63) is 35.1 Å². The molecular formula is C15H17FN2O3. The number of primary amides is 1. The molecule has 4 N–H and O–H groups in total. The first kappa shape index (κ1) is 16.7. The van der Waals surface area contributed by atoms with Gasteiger partial charge in [-0.15, -0.1) is 0 Å². The minimum absolute atomic E-state index is 0.0505. The molecule has 0 bridgehead atoms. The zero-order valence-corrected chi connectivity index (χ0v) is 11.9. The fourth-order valence-electron chi connectivity index (χ4n) is 1.38. The average molecular weight is 292 g/mol. The topological polar surface area (TPSA) is 92.4 Å². The number of carbonyl (C=O) groups is 2. The lowest BCUT2D eigenvalue weighted by Gasteiger charge is -2.20. The van der Waals surface area contributed by atoms with E-state index in [2.05, 4.69) is 17.2 Å². The van der Waals surface area contributed by atoms with Gasteiger partial charge in [0.2, 0.25) is 5.91 Å². The number of hydrogen-bond acceptors (Lipinski definition) is 3. The molecule has 112 valence electrons. The van der Waals surface area contributed by atoms with E-state index in [9.17, 15) is 14.0 Å². The smallest absolute Gasteiger partial charge is 0.251 e. The number of nitrogens with two attached hydrogens (primary N) is 1. The first-order valence-electron chi connectivity index (χ1n) is 6.25. The predicted molar refractivity (Wildman–Crippen MR) is 75.7 cm³/mol. The van der Waals surface area contributed by atoms with E-state index in [4.69, 9.17) is 10.8 Å². The van der Waals surface area contributed by atoms with Crippen molar-refractivity contribution in [3.63, 3.8) is 0 Å². The Morgan fingerprint density at radius 2 is 2.10 bits per heavy atom. The van der Waals surface area contributed by atoms with Gasteiger partial charge in [-0.1, -0.05) is 11.8 Å². The Kier molecular flexibility index (Phi) is 5.44. The Labute approximate surface area is 122 Å². The largest absolute Gasteiger partial charge is 0.384 e. The van der Waals surface area contributed by atoms with E-state index < -0.39 is 23.0 Å². The van der Waals surface area contributed by atoms with E-state index in [1.54, 1.807) is 13.8 Å². The predicted octanol–water partition coefficient (Wildman–Crippen LogP) is 0.411. The van der Waals surface area contributed by atoms with Crippen molar-refractivity contribution in [2.75, 3.05) is 13.2 Å². The molecule has 0 aliphatic rings. The average Bonchev–Trinajstić information content (AvgIpc) is 2.43. The third kappa shape index (κ3) is 4.58. The molecule has 1 aromatic carbocycles. The highest BCUT2D eigenvalue weighted by molar-refractivity contribution is 5.94. The SMILES string of the molecule is CC(C)(CNC(=O)c1ccc(C#CCO)c(F)c1)C(N)=O. The first-order chi connectivity index (χ1) is 9.77. The number of amides is 2. The van der Waals surface area contributed by atoms with Crippen molar-refractivity contribution in [1.82, 2.24) is 5.32 Å². The molecule has 21 heavy (non-hydrogen) atoms. The summed E-state index contributed by atoms with van der Waals surface area (Å²) in [6, 6.07) is 3.82. The normalized spacial score (nSPS) is 10.5. The van der Waals surface area contributed by atoms with Crippen molar-refractivity contribution in [2.24, 2.45) is 11.1 Å². The summed E-state index contributed by atoms with van der Waals surface area (Å²) in [5.74, 6) is 3.05. The molecule has 0 saturated heterocycles. The lowest BCUT2D eigenvalue weighted by molar-refractivity contribution is -0.125. The summed E-state index contributed by atoms with van der Waals surface area (Å²) >= 11 is 0. The molecule has 0 atom stereocenters. The molecule has 0 saturated carbocycles. The Balaban J connectivity index is 2.80. The Morgan fingerprint density at radius 3 is 2.62 bits per heavy atom. The van der Waals surface area contributed by atoms with Crippen LogP contribution in [-0.2, 0) is 4.79 Å². The van der Waals surface area contributed by atoms with Crippen LogP contribution in [0.1, 0.15) is 29.8 Å². The van der Waals surface area contributed by atoms with Crippen LogP contribution in [0.4, 0.5) is 4.39 Å². The van der Waals surface area contributed by atoms with Gasteiger partial charge in [-0.2, -0.15) is 0 Å². The molecule has 0 radical (unpaired) electrons. The molecule has 0 spiro atoms. The standard InChI is InChI=1S/C15H17FN2O3/c1-15(2,14(17)21)9-18-13(20)11-6-5-10(4-3-7-19)12(16)8-11/h5-6,8,19H,7,9H2,1-2H3,(H2,17,21)(H,18,20). The fraction of sp³-hybridized carbons (Fsp3) is 0.333. The van der Waals surface area contributed by atoms with Gasteiger partial charge < -0.3 is 16.2 Å². The van der Waals surface area contributed by atoms with Crippen LogP contribution in [0.15, 0.2) is 18.2 Å². The summed E-state index contributed by atoms with van der Waals surface area (Å²) in [5, 5.41) is 11.1. The molecule has 0 heterocycles. The quantitative estimate of drug-likeness (QED) is 0.702. The molecule has 1 aromatic rings. The monoisotopic (exact) mass is 292 g/mol. The summed E-state index contributed by atoms with van der Waals surface area (Å²) in [6.45, 7) is 2.88. The van der Waals surface area contributed by atoms with Crippen LogP contribution < -0.4 is 11.1 Å². The molecule has 5 nitrogen and oxygen atoms in total. The van der Waals surface area contributed by atoms with Crippen molar-refractivity contribution in [3.8, 4) is 11.8 Å². The number of benzene rings is 1. The van der Waals surface area contributed by atoms with Crippen LogP contribution >= 0.6 is 0 Å². The zero-order valence-electron chi connectivity index (χ0n) is 11.9. The highest BCUT2D eigenvalue weighted by atomic mass is 19.1. The Bertz CT molecular complexity index is 615. The minimum Gasteiger partial charge on any atom is -0.384 e. The van der Waals surface area contributed by atoms with Crippen LogP contribution in [0.5, 0.6) is 0 Å². The maximum atomic E-state index is 13.7. The van der Waals surface area contributed by atoms with Crippen LogP contribution in [0, 0.1) is 23.1 Å². The first-order valence-corrected chi connectivity index (χ1v) is 6.25. The van der Waals surface area contributed by atoms with Crippen LogP contribution in [-0.4, -0.2) is 30.1 Å². The van der Waals surface area contributed by atoms with E-state index >= 15 is 0 Å². The summed E-state index contributed by atoms with van der Waals surface area (Å²) in [4.78, 5) is 23.0. The van der Waals surface area contributed by atoms with E-state index in [1.165, 1.54) is 12.1 Å². The van der Waals surface area contributed by atoms with E-state index in [-0.39, 0.29) is 24.3 Å². The van der Waals surface area contributed by atoms with Crippen LogP contribution in [0.2, 0.25) is 0 Å². The van der Waals surface area contributed by atoms with Gasteiger partial charge in [-0.05, 0) is 32.0 Å². The van der Waals surface area contributed by atoms with Gasteiger partial charge >= 0.3 is 0 Å². The van der Waals surface area contributed by atoms with Gasteiger partial charge in [0.05, 0.1) is 11.0 Å². The Hall–Kier alpha value is -2.39. The molecule has 0 fully saturated rings. The zero-order chi connectivity index (χ0) is 16.0. The summed E-state index contributed by atoms with van der Waals surface area (Å²) in [6.07, 6.45) is 0. The summed E-state index contributed by atoms with van der Waals surface area (Å²) < 4.78 is 13.7. The number of hydrogen-bond donors (Lipinski definition) is 3. The van der Waals surface area contributed by atoms with Gasteiger partial charge in [-0.25, -0.2) is 4.39 Å². The van der Waals surface area contributed by atoms with Gasteiger partial charge in [0, 0.05) is 12.1 Å². The second-order valence-electron chi connectivity index (χ2n) is 5.09. The number of aliphatic hydroxyl groups is 1. The molecule has 6 heteroatoms. The summed E-state index contributed by atoms with van der Waals surface area (Å²) in [7, 11) is 0. The van der Waals surface area contributed by atoms with Crippen molar-refractivity contribution >= 4 is 11.8 Å². The van der Waals surface area contributed by atoms with Gasteiger partial charge in [0.25, 0.3) is 5.91 Å². The van der Waals surface area contributed by atoms with Crippen molar-refractivity contribution in [1.29, 1.82) is 0 Å². The number of carbonyl (C=O) groups excluding carboxylic acids is 2. The number of rotatable bonds is 4. The molecule has 1 rings (SSSR count). The lowest BCUT2D eigenvalue weighted by atomic mass is 9.92.